The first-order chi connectivity index (χ1) is 16.0. The van der Waals surface area contributed by atoms with Crippen LogP contribution in [0.15, 0.2) is 24.3 Å². The third-order valence-electron chi connectivity index (χ3n) is 8.68. The molecule has 1 aromatic rings. The van der Waals surface area contributed by atoms with E-state index in [0.717, 1.165) is 37.7 Å². The summed E-state index contributed by atoms with van der Waals surface area (Å²) in [5.41, 5.74) is 7.34. The summed E-state index contributed by atoms with van der Waals surface area (Å²) in [6, 6.07) is 7.77. The monoisotopic (exact) mass is 451 g/mol. The van der Waals surface area contributed by atoms with Crippen LogP contribution in [0.25, 0.3) is 0 Å². The number of hydrogen-bond donors (Lipinski definition) is 1. The Balaban J connectivity index is 1.15. The van der Waals surface area contributed by atoms with Crippen molar-refractivity contribution in [2.75, 3.05) is 13.1 Å². The van der Waals surface area contributed by atoms with Crippen molar-refractivity contribution < 1.29 is 14.0 Å². The van der Waals surface area contributed by atoms with E-state index in [1.54, 1.807) is 4.90 Å². The minimum absolute atomic E-state index is 0.00732. The highest BCUT2D eigenvalue weighted by Gasteiger charge is 2.56. The maximum atomic E-state index is 13.5. The number of rotatable bonds is 6. The highest BCUT2D eigenvalue weighted by atomic mass is 19.1. The lowest BCUT2D eigenvalue weighted by Crippen LogP contribution is -2.58. The van der Waals surface area contributed by atoms with Crippen molar-refractivity contribution in [2.24, 2.45) is 17.6 Å². The summed E-state index contributed by atoms with van der Waals surface area (Å²) in [7, 11) is 0. The highest BCUT2D eigenvalue weighted by molar-refractivity contribution is 5.87. The molecule has 7 atom stereocenters. The summed E-state index contributed by atoms with van der Waals surface area (Å²) in [5, 5.41) is 9.40. The number of piperidine rings is 1. The lowest BCUT2D eigenvalue weighted by molar-refractivity contribution is -0.143. The number of piperazine rings is 1. The summed E-state index contributed by atoms with van der Waals surface area (Å²) in [4.78, 5) is 32.4. The molecule has 3 saturated heterocycles. The van der Waals surface area contributed by atoms with Gasteiger partial charge in [0, 0.05) is 25.2 Å². The molecule has 0 radical (unpaired) electrons. The summed E-state index contributed by atoms with van der Waals surface area (Å²) in [6.07, 6.45) is 5.83. The first-order valence-corrected chi connectivity index (χ1v) is 12.3. The summed E-state index contributed by atoms with van der Waals surface area (Å²) in [5.74, 6) is 0.557. The van der Waals surface area contributed by atoms with Crippen LogP contribution in [0.5, 0.6) is 0 Å². The van der Waals surface area contributed by atoms with E-state index in [1.165, 1.54) is 18.6 Å². The minimum atomic E-state index is -0.722. The number of nitriles is 1. The second kappa shape index (κ2) is 7.78. The zero-order valence-corrected chi connectivity index (χ0v) is 18.6. The van der Waals surface area contributed by atoms with E-state index in [4.69, 9.17) is 5.73 Å². The second-order valence-corrected chi connectivity index (χ2v) is 10.6. The van der Waals surface area contributed by atoms with E-state index in [0.29, 0.717) is 24.9 Å². The number of halogens is 1. The lowest BCUT2D eigenvalue weighted by atomic mass is 9.76. The van der Waals surface area contributed by atoms with E-state index < -0.39 is 6.04 Å². The summed E-state index contributed by atoms with van der Waals surface area (Å²) >= 11 is 0. The fourth-order valence-corrected chi connectivity index (χ4v) is 6.74. The molecule has 0 spiro atoms. The molecule has 1 aromatic carbocycles. The van der Waals surface area contributed by atoms with Crippen molar-refractivity contribution >= 4 is 11.8 Å². The average molecular weight is 452 g/mol. The molecule has 174 valence electrons. The third-order valence-corrected chi connectivity index (χ3v) is 8.68. The van der Waals surface area contributed by atoms with Crippen molar-refractivity contribution in [3.63, 3.8) is 0 Å². The maximum Gasteiger partial charge on any atom is 0.242 e. The van der Waals surface area contributed by atoms with Crippen molar-refractivity contribution in [2.45, 2.75) is 74.8 Å². The molecule has 2 bridgehead atoms. The molecule has 8 heteroatoms. The molecule has 2 amide bonds. The Kier molecular flexibility index (Phi) is 4.96. The first kappa shape index (κ1) is 21.1. The number of fused-ring (bicyclic) bond motifs is 3. The first-order valence-electron chi connectivity index (χ1n) is 12.3. The SMILES string of the molecule is N#C[C@@H]1C[C@@H]2C[C@@H]2N1C(=O)[C@@H](N)CN1CC2C[C@H]1C(=O)N2[C@@H](c1ccc(F)cc1)C1CCC1. The molecule has 5 aliphatic rings. The van der Waals surface area contributed by atoms with Gasteiger partial charge in [-0.25, -0.2) is 4.39 Å². The molecule has 33 heavy (non-hydrogen) atoms. The Bertz CT molecular complexity index is 1010. The van der Waals surface area contributed by atoms with Gasteiger partial charge >= 0.3 is 0 Å². The number of benzene rings is 1. The number of carbonyl (C=O) groups excluding carboxylic acids is 2. The number of nitrogens with zero attached hydrogens (tertiary/aromatic N) is 4. The molecule has 2 N–H and O–H groups in total. The Labute approximate surface area is 193 Å². The van der Waals surface area contributed by atoms with Gasteiger partial charge in [-0.3, -0.25) is 14.5 Å². The molecular formula is C25H30FN5O2. The van der Waals surface area contributed by atoms with Gasteiger partial charge in [-0.15, -0.1) is 0 Å². The normalized spacial score (nSPS) is 34.7. The van der Waals surface area contributed by atoms with Crippen LogP contribution in [-0.2, 0) is 9.59 Å². The van der Waals surface area contributed by atoms with Crippen LogP contribution in [0.2, 0.25) is 0 Å². The Morgan fingerprint density at radius 3 is 2.61 bits per heavy atom. The highest BCUT2D eigenvalue weighted by Crippen LogP contribution is 2.49. The van der Waals surface area contributed by atoms with Gasteiger partial charge in [0.05, 0.1) is 24.2 Å². The molecule has 0 aromatic heterocycles. The van der Waals surface area contributed by atoms with E-state index in [9.17, 15) is 19.2 Å². The largest absolute Gasteiger partial charge is 0.330 e. The van der Waals surface area contributed by atoms with E-state index in [1.807, 2.05) is 17.0 Å². The molecular weight excluding hydrogens is 421 g/mol. The van der Waals surface area contributed by atoms with Crippen LogP contribution >= 0.6 is 0 Å². The van der Waals surface area contributed by atoms with Crippen LogP contribution in [0, 0.1) is 29.0 Å². The predicted molar refractivity (Wildman–Crippen MR) is 118 cm³/mol. The van der Waals surface area contributed by atoms with E-state index >= 15 is 0 Å². The molecule has 6 rings (SSSR count). The molecule has 2 aliphatic carbocycles. The van der Waals surface area contributed by atoms with E-state index in [-0.39, 0.29) is 47.8 Å². The van der Waals surface area contributed by atoms with Crippen molar-refractivity contribution in [1.82, 2.24) is 14.7 Å². The van der Waals surface area contributed by atoms with Crippen LogP contribution in [-0.4, -0.2) is 69.8 Å². The second-order valence-electron chi connectivity index (χ2n) is 10.6. The van der Waals surface area contributed by atoms with Crippen LogP contribution in [0.1, 0.15) is 50.1 Å². The molecule has 1 unspecified atom stereocenters. The van der Waals surface area contributed by atoms with Crippen molar-refractivity contribution in [3.8, 4) is 6.07 Å². The van der Waals surface area contributed by atoms with Gasteiger partial charge in [0.25, 0.3) is 0 Å². The predicted octanol–water partition coefficient (Wildman–Crippen LogP) is 1.79. The zero-order valence-electron chi connectivity index (χ0n) is 18.6. The maximum absolute atomic E-state index is 13.5. The topological polar surface area (TPSA) is 93.7 Å². The Hall–Kier alpha value is -2.50. The fraction of sp³-hybridized carbons (Fsp3) is 0.640. The third kappa shape index (κ3) is 3.36. The number of likely N-dealkylation sites (tertiary alicyclic amines) is 3. The van der Waals surface area contributed by atoms with Crippen LogP contribution in [0.3, 0.4) is 0 Å². The van der Waals surface area contributed by atoms with Crippen molar-refractivity contribution in [1.29, 1.82) is 5.26 Å². The molecule has 3 heterocycles. The summed E-state index contributed by atoms with van der Waals surface area (Å²) in [6.45, 7) is 1.05. The van der Waals surface area contributed by atoms with E-state index in [2.05, 4.69) is 11.0 Å². The van der Waals surface area contributed by atoms with Crippen LogP contribution in [0.4, 0.5) is 4.39 Å². The lowest BCUT2D eigenvalue weighted by Gasteiger charge is -2.45. The van der Waals surface area contributed by atoms with Crippen molar-refractivity contribution in [3.05, 3.63) is 35.6 Å². The number of hydrogen-bond acceptors (Lipinski definition) is 5. The van der Waals surface area contributed by atoms with Gasteiger partial charge in [-0.2, -0.15) is 5.26 Å². The average Bonchev–Trinajstić information content (AvgIpc) is 3.11. The smallest absolute Gasteiger partial charge is 0.242 e. The van der Waals surface area contributed by atoms with Gasteiger partial charge in [0.15, 0.2) is 0 Å². The fourth-order valence-electron chi connectivity index (χ4n) is 6.74. The molecule has 7 nitrogen and oxygen atoms in total. The van der Waals surface area contributed by atoms with Gasteiger partial charge in [0.1, 0.15) is 11.9 Å². The number of nitrogens with two attached hydrogens (primary N) is 1. The van der Waals surface area contributed by atoms with Gasteiger partial charge in [-0.1, -0.05) is 18.6 Å². The van der Waals surface area contributed by atoms with Crippen LogP contribution < -0.4 is 5.73 Å². The summed E-state index contributed by atoms with van der Waals surface area (Å²) < 4.78 is 13.5. The minimum Gasteiger partial charge on any atom is -0.330 e. The molecule has 5 fully saturated rings. The number of carbonyl (C=O) groups is 2. The zero-order chi connectivity index (χ0) is 22.9. The molecule has 3 aliphatic heterocycles. The Morgan fingerprint density at radius 1 is 1.21 bits per heavy atom. The standard InChI is InChI=1S/C25H30FN5O2/c26-17-6-4-15(5-7-17)23(14-2-1-3-14)31-19-10-22(25(31)33)29(12-19)13-20(28)24(32)30-18(11-27)8-16-9-21(16)30/h4-7,14,16,18-23H,1-3,8-10,12-13,28H2/t16-,18+,19?,20+,21+,22+,23-/m1/s1. The van der Waals surface area contributed by atoms with Gasteiger partial charge < -0.3 is 15.5 Å². The van der Waals surface area contributed by atoms with Gasteiger partial charge in [0.2, 0.25) is 11.8 Å². The van der Waals surface area contributed by atoms with Gasteiger partial charge in [-0.05, 0) is 61.6 Å². The quantitative estimate of drug-likeness (QED) is 0.712. The molecule has 2 saturated carbocycles. The Morgan fingerprint density at radius 2 is 1.97 bits per heavy atom. The number of amides is 2.